The number of aliphatic hydroxyl groups is 1. The molecule has 1 aliphatic heterocycles. The van der Waals surface area contributed by atoms with Gasteiger partial charge in [0, 0.05) is 24.7 Å². The van der Waals surface area contributed by atoms with Crippen LogP contribution in [0.1, 0.15) is 38.3 Å². The maximum atomic E-state index is 9.67. The number of piperidine rings is 1. The first-order valence-corrected chi connectivity index (χ1v) is 7.18. The van der Waals surface area contributed by atoms with Crippen molar-refractivity contribution in [1.29, 1.82) is 0 Å². The zero-order valence-electron chi connectivity index (χ0n) is 12.2. The molecule has 106 valence electrons. The number of nitrogens with zero attached hydrogens (tertiary/aromatic N) is 1. The average Bonchev–Trinajstić information content (AvgIpc) is 2.41. The Hall–Kier alpha value is -1.06. The molecule has 1 aliphatic rings. The van der Waals surface area contributed by atoms with Gasteiger partial charge in [0.05, 0.1) is 13.2 Å². The smallest absolute Gasteiger partial charge is 0.123 e. The van der Waals surface area contributed by atoms with E-state index >= 15 is 0 Å². The number of hydrogen-bond acceptors (Lipinski definition) is 3. The van der Waals surface area contributed by atoms with Crippen LogP contribution in [0.3, 0.4) is 0 Å². The maximum absolute atomic E-state index is 9.67. The van der Waals surface area contributed by atoms with Gasteiger partial charge in [0.25, 0.3) is 0 Å². The number of aliphatic hydroxyl groups excluding tert-OH is 1. The van der Waals surface area contributed by atoms with Crippen molar-refractivity contribution >= 4 is 0 Å². The van der Waals surface area contributed by atoms with Gasteiger partial charge >= 0.3 is 0 Å². The third-order valence-corrected chi connectivity index (χ3v) is 3.98. The Labute approximate surface area is 116 Å². The number of methoxy groups -OCH3 is 1. The second kappa shape index (κ2) is 6.40. The van der Waals surface area contributed by atoms with Crippen molar-refractivity contribution in [3.63, 3.8) is 0 Å². The van der Waals surface area contributed by atoms with Gasteiger partial charge < -0.3 is 9.84 Å². The highest BCUT2D eigenvalue weighted by atomic mass is 16.5. The van der Waals surface area contributed by atoms with Crippen LogP contribution in [0.4, 0.5) is 0 Å². The molecule has 19 heavy (non-hydrogen) atoms. The monoisotopic (exact) mass is 263 g/mol. The molecule has 0 saturated carbocycles. The van der Waals surface area contributed by atoms with Crippen molar-refractivity contribution in [2.75, 3.05) is 20.2 Å². The lowest BCUT2D eigenvalue weighted by molar-refractivity contribution is 0.0470. The van der Waals surface area contributed by atoms with Crippen molar-refractivity contribution in [1.82, 2.24) is 4.90 Å². The molecule has 1 N–H and O–H groups in total. The molecule has 3 heteroatoms. The van der Waals surface area contributed by atoms with E-state index in [4.69, 9.17) is 4.74 Å². The molecule has 1 aromatic rings. The van der Waals surface area contributed by atoms with Crippen LogP contribution in [-0.4, -0.2) is 36.3 Å². The number of rotatable bonds is 4. The second-order valence-electron chi connectivity index (χ2n) is 5.70. The summed E-state index contributed by atoms with van der Waals surface area (Å²) in [5, 5.41) is 9.67. The highest BCUT2D eigenvalue weighted by Gasteiger charge is 2.29. The fraction of sp³-hybridized carbons (Fsp3) is 0.625. The van der Waals surface area contributed by atoms with E-state index in [1.807, 2.05) is 12.1 Å². The maximum Gasteiger partial charge on any atom is 0.123 e. The van der Waals surface area contributed by atoms with E-state index in [0.717, 1.165) is 31.7 Å². The molecule has 0 radical (unpaired) electrons. The molecule has 2 rings (SSSR count). The molecule has 1 unspecified atom stereocenters. The second-order valence-corrected chi connectivity index (χ2v) is 5.70. The third kappa shape index (κ3) is 3.28. The first-order chi connectivity index (χ1) is 9.13. The normalized spacial score (nSPS) is 19.6. The van der Waals surface area contributed by atoms with E-state index in [1.165, 1.54) is 5.56 Å². The summed E-state index contributed by atoms with van der Waals surface area (Å²) in [5.74, 6) is 1.49. The summed E-state index contributed by atoms with van der Waals surface area (Å²) in [5.41, 5.74) is 1.26. The van der Waals surface area contributed by atoms with Crippen molar-refractivity contribution in [2.45, 2.75) is 38.8 Å². The van der Waals surface area contributed by atoms with Gasteiger partial charge in [0.2, 0.25) is 0 Å². The van der Waals surface area contributed by atoms with Crippen LogP contribution in [0.15, 0.2) is 24.3 Å². The number of ether oxygens (including phenoxy) is 1. The van der Waals surface area contributed by atoms with E-state index in [2.05, 4.69) is 30.9 Å². The Bertz CT molecular complexity index is 397. The topological polar surface area (TPSA) is 32.7 Å². The van der Waals surface area contributed by atoms with Gasteiger partial charge in [0.1, 0.15) is 5.75 Å². The predicted octanol–water partition coefficient (Wildman–Crippen LogP) is 2.85. The van der Waals surface area contributed by atoms with Gasteiger partial charge in [-0.3, -0.25) is 4.90 Å². The molecule has 0 aliphatic carbocycles. The molecule has 1 saturated heterocycles. The number of para-hydroxylation sites is 1. The van der Waals surface area contributed by atoms with Crippen LogP contribution in [0.25, 0.3) is 0 Å². The molecule has 1 heterocycles. The standard InChI is InChI=1S/C16H25NO2/c1-12(2)16(17-10-8-13(18)9-11-17)14-6-4-5-7-15(14)19-3/h4-7,12-13,16,18H,8-11H2,1-3H3. The van der Waals surface area contributed by atoms with E-state index < -0.39 is 0 Å². The summed E-state index contributed by atoms with van der Waals surface area (Å²) in [7, 11) is 1.73. The molecule has 1 atom stereocenters. The first-order valence-electron chi connectivity index (χ1n) is 7.18. The van der Waals surface area contributed by atoms with Gasteiger partial charge in [-0.05, 0) is 24.8 Å². The Kier molecular flexibility index (Phi) is 4.83. The highest BCUT2D eigenvalue weighted by Crippen LogP contribution is 2.36. The zero-order valence-corrected chi connectivity index (χ0v) is 12.2. The van der Waals surface area contributed by atoms with E-state index in [-0.39, 0.29) is 6.10 Å². The van der Waals surface area contributed by atoms with Gasteiger partial charge in [-0.25, -0.2) is 0 Å². The minimum absolute atomic E-state index is 0.123. The average molecular weight is 263 g/mol. The SMILES string of the molecule is COc1ccccc1C(C(C)C)N1CCC(O)CC1. The zero-order chi connectivity index (χ0) is 13.8. The highest BCUT2D eigenvalue weighted by molar-refractivity contribution is 5.36. The Balaban J connectivity index is 2.24. The number of likely N-dealkylation sites (tertiary alicyclic amines) is 1. The van der Waals surface area contributed by atoms with Crippen molar-refractivity contribution in [2.24, 2.45) is 5.92 Å². The van der Waals surface area contributed by atoms with Crippen LogP contribution in [0.5, 0.6) is 5.75 Å². The Morgan fingerprint density at radius 1 is 1.21 bits per heavy atom. The van der Waals surface area contributed by atoms with Gasteiger partial charge in [-0.15, -0.1) is 0 Å². The number of hydrogen-bond donors (Lipinski definition) is 1. The molecular formula is C16H25NO2. The summed E-state index contributed by atoms with van der Waals surface area (Å²) >= 11 is 0. The first kappa shape index (κ1) is 14.4. The molecule has 0 spiro atoms. The predicted molar refractivity (Wildman–Crippen MR) is 77.4 cm³/mol. The van der Waals surface area contributed by atoms with E-state index in [0.29, 0.717) is 12.0 Å². The van der Waals surface area contributed by atoms with Crippen LogP contribution in [-0.2, 0) is 0 Å². The molecule has 1 aromatic carbocycles. The molecule has 3 nitrogen and oxygen atoms in total. The van der Waals surface area contributed by atoms with Crippen LogP contribution in [0, 0.1) is 5.92 Å². The fourth-order valence-corrected chi connectivity index (χ4v) is 3.05. The quantitative estimate of drug-likeness (QED) is 0.906. The number of benzene rings is 1. The van der Waals surface area contributed by atoms with Crippen molar-refractivity contribution in [3.05, 3.63) is 29.8 Å². The molecule has 1 fully saturated rings. The minimum atomic E-state index is -0.123. The summed E-state index contributed by atoms with van der Waals surface area (Å²) in [4.78, 5) is 2.48. The summed E-state index contributed by atoms with van der Waals surface area (Å²) < 4.78 is 5.51. The van der Waals surface area contributed by atoms with E-state index in [9.17, 15) is 5.11 Å². The lowest BCUT2D eigenvalue weighted by atomic mass is 9.91. The summed E-state index contributed by atoms with van der Waals surface area (Å²) in [6.07, 6.45) is 1.62. The molecular weight excluding hydrogens is 238 g/mol. The van der Waals surface area contributed by atoms with Gasteiger partial charge in [-0.1, -0.05) is 32.0 Å². The molecule has 0 amide bonds. The van der Waals surface area contributed by atoms with Gasteiger partial charge in [0.15, 0.2) is 0 Å². The van der Waals surface area contributed by atoms with Crippen molar-refractivity contribution < 1.29 is 9.84 Å². The summed E-state index contributed by atoms with van der Waals surface area (Å²) in [6.45, 7) is 6.43. The van der Waals surface area contributed by atoms with Crippen LogP contribution >= 0.6 is 0 Å². The van der Waals surface area contributed by atoms with Crippen molar-refractivity contribution in [3.8, 4) is 5.75 Å². The Morgan fingerprint density at radius 2 is 1.84 bits per heavy atom. The largest absolute Gasteiger partial charge is 0.496 e. The lowest BCUT2D eigenvalue weighted by Crippen LogP contribution is -2.40. The Morgan fingerprint density at radius 3 is 2.42 bits per heavy atom. The fourth-order valence-electron chi connectivity index (χ4n) is 3.05. The van der Waals surface area contributed by atoms with Crippen LogP contribution in [0.2, 0.25) is 0 Å². The molecule has 0 bridgehead atoms. The lowest BCUT2D eigenvalue weighted by Gasteiger charge is -2.39. The van der Waals surface area contributed by atoms with Gasteiger partial charge in [-0.2, -0.15) is 0 Å². The summed E-state index contributed by atoms with van der Waals surface area (Å²) in [6, 6.07) is 8.65. The third-order valence-electron chi connectivity index (χ3n) is 3.98. The minimum Gasteiger partial charge on any atom is -0.496 e. The van der Waals surface area contributed by atoms with Crippen LogP contribution < -0.4 is 4.74 Å². The van der Waals surface area contributed by atoms with E-state index in [1.54, 1.807) is 7.11 Å². The molecule has 0 aromatic heterocycles.